The lowest BCUT2D eigenvalue weighted by atomic mass is 10.1. The van der Waals surface area contributed by atoms with Crippen LogP contribution in [0.4, 0.5) is 11.5 Å². The molecule has 0 aliphatic heterocycles. The van der Waals surface area contributed by atoms with Crippen LogP contribution in [0.1, 0.15) is 6.92 Å². The first-order valence-corrected chi connectivity index (χ1v) is 5.74. The molecule has 0 aliphatic rings. The van der Waals surface area contributed by atoms with E-state index in [4.69, 9.17) is 10.5 Å². The van der Waals surface area contributed by atoms with Crippen LogP contribution in [0.3, 0.4) is 0 Å². The average molecular weight is 245 g/mol. The lowest BCUT2D eigenvalue weighted by Gasteiger charge is -2.08. The van der Waals surface area contributed by atoms with Gasteiger partial charge in [-0.3, -0.25) is 4.79 Å². The molecule has 5 nitrogen and oxygen atoms in total. The minimum Gasteiger partial charge on any atom is -0.465 e. The maximum atomic E-state index is 11.3. The molecular formula is C13H15N3O2. The number of ether oxygens (including phenoxy) is 1. The number of rotatable bonds is 4. The molecule has 0 bridgehead atoms. The number of anilines is 2. The molecule has 0 amide bonds. The second-order valence-electron chi connectivity index (χ2n) is 3.80. The molecule has 1 aromatic heterocycles. The van der Waals surface area contributed by atoms with Crippen molar-refractivity contribution in [1.82, 2.24) is 4.98 Å². The zero-order valence-electron chi connectivity index (χ0n) is 10.1. The summed E-state index contributed by atoms with van der Waals surface area (Å²) in [6, 6.07) is 7.47. The Labute approximate surface area is 105 Å². The number of nitrogens with one attached hydrogen (secondary N) is 1. The van der Waals surface area contributed by atoms with Gasteiger partial charge in [0.25, 0.3) is 0 Å². The van der Waals surface area contributed by atoms with E-state index in [1.54, 1.807) is 13.1 Å². The zero-order chi connectivity index (χ0) is 13.0. The van der Waals surface area contributed by atoms with E-state index < -0.39 is 0 Å². The molecule has 18 heavy (non-hydrogen) atoms. The normalized spacial score (nSPS) is 10.3. The summed E-state index contributed by atoms with van der Waals surface area (Å²) >= 11 is 0. The number of carbonyl (C=O) groups is 1. The van der Waals surface area contributed by atoms with Crippen molar-refractivity contribution in [1.29, 1.82) is 0 Å². The number of nitrogens with two attached hydrogens (primary N) is 1. The van der Waals surface area contributed by atoms with Gasteiger partial charge in [-0.25, -0.2) is 4.98 Å². The van der Waals surface area contributed by atoms with E-state index in [0.29, 0.717) is 18.1 Å². The molecule has 0 saturated heterocycles. The molecule has 0 aliphatic carbocycles. The lowest BCUT2D eigenvalue weighted by Crippen LogP contribution is -2.17. The van der Waals surface area contributed by atoms with Crippen LogP contribution in [-0.2, 0) is 9.53 Å². The molecule has 0 spiro atoms. The van der Waals surface area contributed by atoms with Crippen LogP contribution in [0.25, 0.3) is 10.8 Å². The number of esters is 1. The van der Waals surface area contributed by atoms with Crippen molar-refractivity contribution in [2.45, 2.75) is 6.92 Å². The monoisotopic (exact) mass is 245 g/mol. The van der Waals surface area contributed by atoms with Crippen molar-refractivity contribution in [2.24, 2.45) is 0 Å². The molecule has 1 aromatic carbocycles. The number of hydrogen-bond donors (Lipinski definition) is 2. The Bertz CT molecular complexity index is 569. The fourth-order valence-corrected chi connectivity index (χ4v) is 1.69. The van der Waals surface area contributed by atoms with Gasteiger partial charge in [-0.05, 0) is 30.5 Å². The maximum Gasteiger partial charge on any atom is 0.325 e. The van der Waals surface area contributed by atoms with E-state index in [9.17, 15) is 4.79 Å². The summed E-state index contributed by atoms with van der Waals surface area (Å²) in [7, 11) is 0. The SMILES string of the molecule is CCOC(=O)CNc1nccc2ccc(N)cc12. The summed E-state index contributed by atoms with van der Waals surface area (Å²) in [6.07, 6.45) is 1.69. The number of aromatic nitrogens is 1. The molecule has 0 atom stereocenters. The Morgan fingerprint density at radius 1 is 1.44 bits per heavy atom. The molecule has 0 fully saturated rings. The van der Waals surface area contributed by atoms with Crippen molar-refractivity contribution in [2.75, 3.05) is 24.2 Å². The summed E-state index contributed by atoms with van der Waals surface area (Å²) in [6.45, 7) is 2.24. The Kier molecular flexibility index (Phi) is 3.62. The van der Waals surface area contributed by atoms with Crippen LogP contribution >= 0.6 is 0 Å². The zero-order valence-corrected chi connectivity index (χ0v) is 10.1. The van der Waals surface area contributed by atoms with Crippen molar-refractivity contribution in [3.8, 4) is 0 Å². The van der Waals surface area contributed by atoms with Gasteiger partial charge in [0.2, 0.25) is 0 Å². The Hall–Kier alpha value is -2.30. The largest absolute Gasteiger partial charge is 0.465 e. The Balaban J connectivity index is 2.22. The van der Waals surface area contributed by atoms with Gasteiger partial charge >= 0.3 is 5.97 Å². The van der Waals surface area contributed by atoms with Gasteiger partial charge in [0.1, 0.15) is 12.4 Å². The predicted molar refractivity (Wildman–Crippen MR) is 71.3 cm³/mol. The highest BCUT2D eigenvalue weighted by Gasteiger charge is 2.05. The molecule has 5 heteroatoms. The van der Waals surface area contributed by atoms with Gasteiger partial charge in [-0.15, -0.1) is 0 Å². The van der Waals surface area contributed by atoms with Crippen LogP contribution in [0, 0.1) is 0 Å². The maximum absolute atomic E-state index is 11.3. The number of hydrogen-bond acceptors (Lipinski definition) is 5. The smallest absolute Gasteiger partial charge is 0.325 e. The van der Waals surface area contributed by atoms with Gasteiger partial charge in [0.15, 0.2) is 0 Å². The van der Waals surface area contributed by atoms with Gasteiger partial charge in [0, 0.05) is 17.3 Å². The second kappa shape index (κ2) is 5.35. The minimum absolute atomic E-state index is 0.0920. The third-order valence-electron chi connectivity index (χ3n) is 2.50. The fraction of sp³-hybridized carbons (Fsp3) is 0.231. The van der Waals surface area contributed by atoms with Crippen LogP contribution in [-0.4, -0.2) is 24.1 Å². The van der Waals surface area contributed by atoms with Crippen molar-refractivity contribution < 1.29 is 9.53 Å². The number of benzene rings is 1. The van der Waals surface area contributed by atoms with Crippen molar-refractivity contribution in [3.05, 3.63) is 30.5 Å². The lowest BCUT2D eigenvalue weighted by molar-refractivity contribution is -0.140. The average Bonchev–Trinajstić information content (AvgIpc) is 2.36. The van der Waals surface area contributed by atoms with E-state index in [1.165, 1.54) is 0 Å². The molecule has 0 radical (unpaired) electrons. The van der Waals surface area contributed by atoms with Crippen molar-refractivity contribution >= 4 is 28.2 Å². The highest BCUT2D eigenvalue weighted by Crippen LogP contribution is 2.23. The van der Waals surface area contributed by atoms with Gasteiger partial charge in [0.05, 0.1) is 6.61 Å². The van der Waals surface area contributed by atoms with Crippen LogP contribution < -0.4 is 11.1 Å². The Morgan fingerprint density at radius 2 is 2.28 bits per heavy atom. The minimum atomic E-state index is -0.305. The standard InChI is InChI=1S/C13H15N3O2/c1-2-18-12(17)8-16-13-11-7-10(14)4-3-9(11)5-6-15-13/h3-7H,2,8,14H2,1H3,(H,15,16). The summed E-state index contributed by atoms with van der Waals surface area (Å²) in [5, 5.41) is 4.87. The highest BCUT2D eigenvalue weighted by atomic mass is 16.5. The van der Waals surface area contributed by atoms with E-state index >= 15 is 0 Å². The summed E-state index contributed by atoms with van der Waals surface area (Å²) < 4.78 is 4.85. The van der Waals surface area contributed by atoms with E-state index in [2.05, 4.69) is 10.3 Å². The molecule has 2 rings (SSSR count). The molecule has 0 unspecified atom stereocenters. The van der Waals surface area contributed by atoms with Gasteiger partial charge in [-0.2, -0.15) is 0 Å². The molecular weight excluding hydrogens is 230 g/mol. The summed E-state index contributed by atoms with van der Waals surface area (Å²) in [5.74, 6) is 0.327. The first kappa shape index (κ1) is 12.2. The topological polar surface area (TPSA) is 77.2 Å². The van der Waals surface area contributed by atoms with Gasteiger partial charge < -0.3 is 15.8 Å². The summed E-state index contributed by atoms with van der Waals surface area (Å²) in [5.41, 5.74) is 6.41. The Morgan fingerprint density at radius 3 is 3.06 bits per heavy atom. The third-order valence-corrected chi connectivity index (χ3v) is 2.50. The number of fused-ring (bicyclic) bond motifs is 1. The highest BCUT2D eigenvalue weighted by molar-refractivity contribution is 5.94. The fourth-order valence-electron chi connectivity index (χ4n) is 1.69. The first-order valence-electron chi connectivity index (χ1n) is 5.74. The molecule has 1 heterocycles. The second-order valence-corrected chi connectivity index (χ2v) is 3.80. The van der Waals surface area contributed by atoms with Crippen LogP contribution in [0.5, 0.6) is 0 Å². The number of carbonyl (C=O) groups excluding carboxylic acids is 1. The third kappa shape index (κ3) is 2.68. The molecule has 3 N–H and O–H groups in total. The first-order chi connectivity index (χ1) is 8.70. The van der Waals surface area contributed by atoms with Crippen molar-refractivity contribution in [3.63, 3.8) is 0 Å². The predicted octanol–water partition coefficient (Wildman–Crippen LogP) is 1.79. The van der Waals surface area contributed by atoms with E-state index in [-0.39, 0.29) is 12.5 Å². The van der Waals surface area contributed by atoms with Crippen LogP contribution in [0.2, 0.25) is 0 Å². The molecule has 2 aromatic rings. The molecule has 0 saturated carbocycles. The van der Waals surface area contributed by atoms with Crippen LogP contribution in [0.15, 0.2) is 30.5 Å². The number of nitrogens with zero attached hydrogens (tertiary/aromatic N) is 1. The van der Waals surface area contributed by atoms with E-state index in [0.717, 1.165) is 10.8 Å². The molecule has 94 valence electrons. The van der Waals surface area contributed by atoms with Gasteiger partial charge in [-0.1, -0.05) is 6.07 Å². The number of nitrogen functional groups attached to an aromatic ring is 1. The summed E-state index contributed by atoms with van der Waals surface area (Å²) in [4.78, 5) is 15.5. The quantitative estimate of drug-likeness (QED) is 0.634. The number of pyridine rings is 1. The van der Waals surface area contributed by atoms with E-state index in [1.807, 2.05) is 24.3 Å².